The van der Waals surface area contributed by atoms with Crippen LogP contribution < -0.4 is 4.90 Å². The van der Waals surface area contributed by atoms with Gasteiger partial charge < -0.3 is 14.5 Å². The minimum atomic E-state index is -0.123. The second-order valence-electron chi connectivity index (χ2n) is 9.21. The number of hydrogen-bond donors (Lipinski definition) is 0. The van der Waals surface area contributed by atoms with E-state index in [4.69, 9.17) is 27.9 Å². The van der Waals surface area contributed by atoms with Crippen molar-refractivity contribution in [2.45, 2.75) is 39.7 Å². The summed E-state index contributed by atoms with van der Waals surface area (Å²) in [6.45, 7) is 11.8. The molecule has 3 fully saturated rings. The standard InChI is InChI=1S/C23H29Cl2N5O2.C2H6/c24-19-2-1-18(21(13-19)29-6-3-23(17-29)4-11-32-12-5-23)15-27-7-9-28(10-8-27)22(31)30-16-20(25)14-26-30;1-2/h1-2,13-14,16H,3-12,15,17H2;1-2H3. The monoisotopic (exact) mass is 507 g/mol. The van der Waals surface area contributed by atoms with E-state index in [1.807, 2.05) is 24.8 Å². The third kappa shape index (κ3) is 5.70. The van der Waals surface area contributed by atoms with E-state index in [0.29, 0.717) is 23.5 Å². The molecule has 0 saturated carbocycles. The van der Waals surface area contributed by atoms with Crippen LogP contribution in [0, 0.1) is 5.41 Å². The molecule has 0 atom stereocenters. The van der Waals surface area contributed by atoms with Crippen molar-refractivity contribution >= 4 is 34.9 Å². The summed E-state index contributed by atoms with van der Waals surface area (Å²) in [6.07, 6.45) is 6.56. The van der Waals surface area contributed by atoms with Crippen molar-refractivity contribution in [3.05, 3.63) is 46.2 Å². The highest BCUT2D eigenvalue weighted by atomic mass is 35.5. The van der Waals surface area contributed by atoms with Crippen LogP contribution in [0.2, 0.25) is 10.0 Å². The minimum absolute atomic E-state index is 0.123. The molecule has 0 radical (unpaired) electrons. The molecule has 7 nitrogen and oxygen atoms in total. The van der Waals surface area contributed by atoms with Gasteiger partial charge in [-0.3, -0.25) is 4.90 Å². The van der Waals surface area contributed by atoms with Gasteiger partial charge in [-0.05, 0) is 42.4 Å². The third-order valence-electron chi connectivity index (χ3n) is 7.16. The first-order valence-electron chi connectivity index (χ1n) is 12.3. The van der Waals surface area contributed by atoms with Gasteiger partial charge in [0.25, 0.3) is 0 Å². The molecule has 1 aromatic heterocycles. The number of ether oxygens (including phenoxy) is 1. The smallest absolute Gasteiger partial charge is 0.344 e. The lowest BCUT2D eigenvalue weighted by molar-refractivity contribution is 0.0254. The molecule has 0 unspecified atom stereocenters. The van der Waals surface area contributed by atoms with Gasteiger partial charge in [0.2, 0.25) is 0 Å². The zero-order chi connectivity index (χ0) is 24.1. The number of rotatable bonds is 3. The zero-order valence-electron chi connectivity index (χ0n) is 20.2. The van der Waals surface area contributed by atoms with Crippen LogP contribution in [-0.2, 0) is 11.3 Å². The van der Waals surface area contributed by atoms with Crippen LogP contribution in [0.5, 0.6) is 0 Å². The molecule has 0 aliphatic carbocycles. The van der Waals surface area contributed by atoms with Crippen molar-refractivity contribution in [3.63, 3.8) is 0 Å². The summed E-state index contributed by atoms with van der Waals surface area (Å²) < 4.78 is 6.92. The average molecular weight is 508 g/mol. The van der Waals surface area contributed by atoms with Crippen molar-refractivity contribution in [2.75, 3.05) is 57.4 Å². The first kappa shape index (κ1) is 25.3. The maximum absolute atomic E-state index is 12.6. The Morgan fingerprint density at radius 2 is 1.76 bits per heavy atom. The minimum Gasteiger partial charge on any atom is -0.381 e. The highest BCUT2D eigenvalue weighted by Gasteiger charge is 2.40. The van der Waals surface area contributed by atoms with Crippen molar-refractivity contribution < 1.29 is 9.53 Å². The summed E-state index contributed by atoms with van der Waals surface area (Å²) in [7, 11) is 0. The predicted molar refractivity (Wildman–Crippen MR) is 137 cm³/mol. The molecule has 0 bridgehead atoms. The summed E-state index contributed by atoms with van der Waals surface area (Å²) in [5, 5.41) is 5.28. The Kier molecular flexibility index (Phi) is 8.40. The lowest BCUT2D eigenvalue weighted by Crippen LogP contribution is -2.49. The molecule has 5 rings (SSSR count). The first-order valence-corrected chi connectivity index (χ1v) is 13.1. The van der Waals surface area contributed by atoms with Gasteiger partial charge in [-0.1, -0.05) is 43.1 Å². The topological polar surface area (TPSA) is 53.8 Å². The number of hydrogen-bond acceptors (Lipinski definition) is 5. The highest BCUT2D eigenvalue weighted by molar-refractivity contribution is 6.31. The van der Waals surface area contributed by atoms with Gasteiger partial charge in [-0.15, -0.1) is 0 Å². The lowest BCUT2D eigenvalue weighted by atomic mass is 9.80. The van der Waals surface area contributed by atoms with E-state index in [0.717, 1.165) is 63.8 Å². The molecule has 3 saturated heterocycles. The summed E-state index contributed by atoms with van der Waals surface area (Å²) >= 11 is 12.3. The van der Waals surface area contributed by atoms with Gasteiger partial charge in [-0.2, -0.15) is 9.78 Å². The Morgan fingerprint density at radius 1 is 1.03 bits per heavy atom. The highest BCUT2D eigenvalue weighted by Crippen LogP contribution is 2.42. The lowest BCUT2D eigenvalue weighted by Gasteiger charge is -2.36. The summed E-state index contributed by atoms with van der Waals surface area (Å²) in [6, 6.07) is 6.15. The number of nitrogens with zero attached hydrogens (tertiary/aromatic N) is 5. The fraction of sp³-hybridized carbons (Fsp3) is 0.600. The van der Waals surface area contributed by atoms with E-state index >= 15 is 0 Å². The quantitative estimate of drug-likeness (QED) is 0.584. The number of halogens is 2. The second-order valence-corrected chi connectivity index (χ2v) is 10.1. The van der Waals surface area contributed by atoms with Crippen molar-refractivity contribution in [2.24, 2.45) is 5.41 Å². The molecular formula is C25H35Cl2N5O2. The number of carbonyl (C=O) groups is 1. The fourth-order valence-corrected chi connectivity index (χ4v) is 5.51. The molecule has 34 heavy (non-hydrogen) atoms. The predicted octanol–water partition coefficient (Wildman–Crippen LogP) is 5.01. The Bertz CT molecular complexity index is 968. The number of piperazine rings is 1. The number of anilines is 1. The molecular weight excluding hydrogens is 473 g/mol. The average Bonchev–Trinajstić information content (AvgIpc) is 3.48. The molecule has 2 aromatic rings. The SMILES string of the molecule is CC.O=C(N1CCN(Cc2ccc(Cl)cc2N2CCC3(CCOCC3)C2)CC1)n1cc(Cl)cn1. The number of carbonyl (C=O) groups excluding carboxylic acids is 1. The van der Waals surface area contributed by atoms with Crippen LogP contribution in [0.3, 0.4) is 0 Å². The van der Waals surface area contributed by atoms with Gasteiger partial charge in [0.05, 0.1) is 17.4 Å². The van der Waals surface area contributed by atoms with Crippen molar-refractivity contribution in [1.29, 1.82) is 0 Å². The van der Waals surface area contributed by atoms with Gasteiger partial charge in [0.1, 0.15) is 0 Å². The van der Waals surface area contributed by atoms with E-state index in [2.05, 4.69) is 27.0 Å². The van der Waals surface area contributed by atoms with E-state index in [-0.39, 0.29) is 6.03 Å². The van der Waals surface area contributed by atoms with Crippen LogP contribution in [0.1, 0.15) is 38.7 Å². The van der Waals surface area contributed by atoms with Crippen LogP contribution in [0.15, 0.2) is 30.6 Å². The van der Waals surface area contributed by atoms with Crippen LogP contribution in [0.4, 0.5) is 10.5 Å². The Morgan fingerprint density at radius 3 is 2.44 bits per heavy atom. The Labute approximate surface area is 212 Å². The van der Waals surface area contributed by atoms with Crippen molar-refractivity contribution in [1.82, 2.24) is 19.6 Å². The molecule has 0 N–H and O–H groups in total. The Hall–Kier alpha value is -1.80. The van der Waals surface area contributed by atoms with E-state index in [1.165, 1.54) is 28.6 Å². The third-order valence-corrected chi connectivity index (χ3v) is 7.59. The maximum Gasteiger partial charge on any atom is 0.344 e. The summed E-state index contributed by atoms with van der Waals surface area (Å²) in [4.78, 5) is 19.4. The van der Waals surface area contributed by atoms with Crippen LogP contribution in [-0.4, -0.2) is 78.1 Å². The van der Waals surface area contributed by atoms with Gasteiger partial charge in [-0.25, -0.2) is 4.79 Å². The van der Waals surface area contributed by atoms with Gasteiger partial charge in [0.15, 0.2) is 0 Å². The van der Waals surface area contributed by atoms with Crippen LogP contribution in [0.25, 0.3) is 0 Å². The van der Waals surface area contributed by atoms with E-state index in [9.17, 15) is 4.79 Å². The molecule has 186 valence electrons. The van der Waals surface area contributed by atoms with E-state index < -0.39 is 0 Å². The maximum atomic E-state index is 12.6. The van der Waals surface area contributed by atoms with Crippen molar-refractivity contribution in [3.8, 4) is 0 Å². The molecule has 9 heteroatoms. The van der Waals surface area contributed by atoms with Gasteiger partial charge >= 0.3 is 6.03 Å². The Balaban J connectivity index is 0.00000133. The summed E-state index contributed by atoms with van der Waals surface area (Å²) in [5.41, 5.74) is 2.95. The largest absolute Gasteiger partial charge is 0.381 e. The van der Waals surface area contributed by atoms with Crippen LogP contribution >= 0.6 is 23.2 Å². The number of aromatic nitrogens is 2. The molecule has 3 aliphatic rings. The summed E-state index contributed by atoms with van der Waals surface area (Å²) in [5.74, 6) is 0. The fourth-order valence-electron chi connectivity index (χ4n) is 5.21. The molecule has 3 aliphatic heterocycles. The molecule has 4 heterocycles. The first-order chi connectivity index (χ1) is 16.5. The molecule has 1 amide bonds. The second kappa shape index (κ2) is 11.3. The normalized spacial score (nSPS) is 20.4. The zero-order valence-corrected chi connectivity index (χ0v) is 21.7. The van der Waals surface area contributed by atoms with E-state index in [1.54, 1.807) is 6.20 Å². The van der Waals surface area contributed by atoms with Gasteiger partial charge in [0, 0.05) is 69.7 Å². The number of amides is 1. The number of benzene rings is 1. The molecule has 1 spiro atoms. The molecule has 1 aromatic carbocycles.